The van der Waals surface area contributed by atoms with Crippen LogP contribution < -0.4 is 4.90 Å². The van der Waals surface area contributed by atoms with Crippen molar-refractivity contribution in [2.45, 2.75) is 9.92 Å². The number of hydrogen-bond donors (Lipinski definition) is 1. The molecule has 2 rings (SSSR count). The van der Waals surface area contributed by atoms with Crippen molar-refractivity contribution >= 4 is 35.3 Å². The fourth-order valence-electron chi connectivity index (χ4n) is 1.46. The highest BCUT2D eigenvalue weighted by atomic mass is 35.5. The Balaban J connectivity index is 2.28. The summed E-state index contributed by atoms with van der Waals surface area (Å²) in [7, 11) is 3.71. The lowest BCUT2D eigenvalue weighted by molar-refractivity contribution is 0.0697. The van der Waals surface area contributed by atoms with E-state index < -0.39 is 5.97 Å². The van der Waals surface area contributed by atoms with E-state index in [1.807, 2.05) is 14.1 Å². The second-order valence-electron chi connectivity index (χ2n) is 4.14. The lowest BCUT2D eigenvalue weighted by Crippen LogP contribution is -2.12. The number of aromatic carboxylic acids is 1. The van der Waals surface area contributed by atoms with Gasteiger partial charge in [-0.05, 0) is 24.3 Å². The molecule has 0 fully saturated rings. The normalized spacial score (nSPS) is 10.3. The Hall–Kier alpha value is -1.79. The van der Waals surface area contributed by atoms with E-state index in [4.69, 9.17) is 16.7 Å². The summed E-state index contributed by atoms with van der Waals surface area (Å²) >= 11 is 7.20. The molecule has 0 saturated carbocycles. The van der Waals surface area contributed by atoms with Crippen LogP contribution in [0.3, 0.4) is 0 Å². The van der Waals surface area contributed by atoms with E-state index in [-0.39, 0.29) is 10.6 Å². The van der Waals surface area contributed by atoms with Gasteiger partial charge in [0.15, 0.2) is 0 Å². The molecule has 20 heavy (non-hydrogen) atoms. The van der Waals surface area contributed by atoms with Crippen LogP contribution in [0.2, 0.25) is 5.02 Å². The van der Waals surface area contributed by atoms with Gasteiger partial charge in [0.25, 0.3) is 0 Å². The highest BCUT2D eigenvalue weighted by Crippen LogP contribution is 2.29. The molecular weight excluding hydrogens is 298 g/mol. The number of carboxylic acids is 1. The number of hydrogen-bond acceptors (Lipinski definition) is 5. The Morgan fingerprint density at radius 3 is 2.75 bits per heavy atom. The first kappa shape index (κ1) is 14.6. The minimum absolute atomic E-state index is 0.0820. The first-order chi connectivity index (χ1) is 9.47. The van der Waals surface area contributed by atoms with E-state index in [0.29, 0.717) is 5.95 Å². The van der Waals surface area contributed by atoms with Gasteiger partial charge in [-0.3, -0.25) is 0 Å². The summed E-state index contributed by atoms with van der Waals surface area (Å²) in [4.78, 5) is 22.1. The summed E-state index contributed by atoms with van der Waals surface area (Å²) in [6.07, 6.45) is 1.67. The molecule has 0 aliphatic heterocycles. The van der Waals surface area contributed by atoms with Gasteiger partial charge < -0.3 is 10.0 Å². The van der Waals surface area contributed by atoms with Crippen LogP contribution in [0, 0.1) is 0 Å². The van der Waals surface area contributed by atoms with Crippen LogP contribution in [0.15, 0.2) is 40.4 Å². The fraction of sp³-hybridized carbons (Fsp3) is 0.154. The predicted octanol–water partition coefficient (Wildman–Crippen LogP) is 3.05. The molecule has 0 radical (unpaired) electrons. The van der Waals surface area contributed by atoms with E-state index in [1.54, 1.807) is 29.3 Å². The molecule has 0 bridgehead atoms. The van der Waals surface area contributed by atoms with Gasteiger partial charge in [-0.15, -0.1) is 0 Å². The first-order valence-electron chi connectivity index (χ1n) is 5.68. The van der Waals surface area contributed by atoms with Gasteiger partial charge in [0, 0.05) is 25.2 Å². The molecule has 0 spiro atoms. The maximum absolute atomic E-state index is 11.0. The van der Waals surface area contributed by atoms with Crippen LogP contribution in [0.5, 0.6) is 0 Å². The van der Waals surface area contributed by atoms with Crippen molar-refractivity contribution < 1.29 is 9.90 Å². The van der Waals surface area contributed by atoms with Crippen LogP contribution in [0.1, 0.15) is 10.4 Å². The maximum atomic E-state index is 11.0. The average Bonchev–Trinajstić information content (AvgIpc) is 2.41. The number of benzene rings is 1. The summed E-state index contributed by atoms with van der Waals surface area (Å²) in [6.45, 7) is 0. The Morgan fingerprint density at radius 2 is 2.10 bits per heavy atom. The standard InChI is InChI=1S/C13H12ClN3O2S/c1-17(2)13-15-6-5-11(16-13)20-8-3-4-10(14)9(7-8)12(18)19/h3-7H,1-2H3,(H,18,19). The smallest absolute Gasteiger partial charge is 0.337 e. The largest absolute Gasteiger partial charge is 0.478 e. The Kier molecular flexibility index (Phi) is 4.46. The molecule has 1 N–H and O–H groups in total. The number of halogens is 1. The molecule has 0 amide bonds. The molecule has 0 unspecified atom stereocenters. The van der Waals surface area contributed by atoms with E-state index in [0.717, 1.165) is 9.92 Å². The zero-order valence-corrected chi connectivity index (χ0v) is 12.4. The molecule has 1 heterocycles. The SMILES string of the molecule is CN(C)c1nccc(Sc2ccc(Cl)c(C(=O)O)c2)n1. The van der Waals surface area contributed by atoms with E-state index in [9.17, 15) is 4.79 Å². The number of carboxylic acid groups (broad SMARTS) is 1. The molecule has 0 aliphatic carbocycles. The summed E-state index contributed by atoms with van der Waals surface area (Å²) < 4.78 is 0. The summed E-state index contributed by atoms with van der Waals surface area (Å²) in [5.74, 6) is -0.448. The number of carbonyl (C=O) groups is 1. The molecule has 0 aliphatic rings. The minimum atomic E-state index is -1.05. The van der Waals surface area contributed by atoms with Crippen molar-refractivity contribution in [3.05, 3.63) is 41.0 Å². The topological polar surface area (TPSA) is 66.3 Å². The zero-order valence-electron chi connectivity index (χ0n) is 10.9. The molecule has 104 valence electrons. The van der Waals surface area contributed by atoms with Gasteiger partial charge >= 0.3 is 5.97 Å². The van der Waals surface area contributed by atoms with E-state index in [1.165, 1.54) is 17.8 Å². The third-order valence-electron chi connectivity index (χ3n) is 2.41. The Labute approximate surface area is 125 Å². The molecule has 1 aromatic heterocycles. The number of rotatable bonds is 4. The highest BCUT2D eigenvalue weighted by Gasteiger charge is 2.11. The van der Waals surface area contributed by atoms with Crippen molar-refractivity contribution in [2.75, 3.05) is 19.0 Å². The van der Waals surface area contributed by atoms with Gasteiger partial charge in [-0.1, -0.05) is 23.4 Å². The van der Waals surface area contributed by atoms with Crippen LogP contribution in [0.4, 0.5) is 5.95 Å². The fourth-order valence-corrected chi connectivity index (χ4v) is 2.47. The highest BCUT2D eigenvalue weighted by molar-refractivity contribution is 7.99. The zero-order chi connectivity index (χ0) is 14.7. The monoisotopic (exact) mass is 309 g/mol. The molecular formula is C13H12ClN3O2S. The summed E-state index contributed by atoms with van der Waals surface area (Å²) in [6, 6.07) is 6.64. The van der Waals surface area contributed by atoms with Gasteiger partial charge in [0.05, 0.1) is 10.6 Å². The van der Waals surface area contributed by atoms with Crippen LogP contribution in [-0.4, -0.2) is 35.1 Å². The van der Waals surface area contributed by atoms with Crippen LogP contribution in [-0.2, 0) is 0 Å². The number of nitrogens with zero attached hydrogens (tertiary/aromatic N) is 3. The van der Waals surface area contributed by atoms with Crippen molar-refractivity contribution in [3.63, 3.8) is 0 Å². The summed E-state index contributed by atoms with van der Waals surface area (Å²) in [5, 5.41) is 10.0. The molecule has 7 heteroatoms. The molecule has 2 aromatic rings. The Bertz CT molecular complexity index is 649. The van der Waals surface area contributed by atoms with Crippen LogP contribution >= 0.6 is 23.4 Å². The average molecular weight is 310 g/mol. The molecule has 0 atom stereocenters. The van der Waals surface area contributed by atoms with Crippen molar-refractivity contribution in [1.29, 1.82) is 0 Å². The van der Waals surface area contributed by atoms with Crippen molar-refractivity contribution in [1.82, 2.24) is 9.97 Å². The quantitative estimate of drug-likeness (QED) is 0.876. The number of anilines is 1. The van der Waals surface area contributed by atoms with Gasteiger partial charge in [-0.25, -0.2) is 14.8 Å². The van der Waals surface area contributed by atoms with Crippen molar-refractivity contribution in [2.24, 2.45) is 0 Å². The van der Waals surface area contributed by atoms with Crippen LogP contribution in [0.25, 0.3) is 0 Å². The van der Waals surface area contributed by atoms with Crippen molar-refractivity contribution in [3.8, 4) is 0 Å². The van der Waals surface area contributed by atoms with Gasteiger partial charge in [-0.2, -0.15) is 0 Å². The summed E-state index contributed by atoms with van der Waals surface area (Å²) in [5.41, 5.74) is 0.0820. The lowest BCUT2D eigenvalue weighted by atomic mass is 10.2. The van der Waals surface area contributed by atoms with Gasteiger partial charge in [0.2, 0.25) is 5.95 Å². The predicted molar refractivity (Wildman–Crippen MR) is 78.9 cm³/mol. The molecule has 5 nitrogen and oxygen atoms in total. The third-order valence-corrected chi connectivity index (χ3v) is 3.66. The number of aromatic nitrogens is 2. The second kappa shape index (κ2) is 6.11. The molecule has 0 saturated heterocycles. The maximum Gasteiger partial charge on any atom is 0.337 e. The second-order valence-corrected chi connectivity index (χ2v) is 5.64. The molecule has 1 aromatic carbocycles. The first-order valence-corrected chi connectivity index (χ1v) is 6.88. The minimum Gasteiger partial charge on any atom is -0.478 e. The van der Waals surface area contributed by atoms with E-state index in [2.05, 4.69) is 9.97 Å². The van der Waals surface area contributed by atoms with Gasteiger partial charge in [0.1, 0.15) is 5.03 Å². The Morgan fingerprint density at radius 1 is 1.35 bits per heavy atom. The lowest BCUT2D eigenvalue weighted by Gasteiger charge is -2.10. The van der Waals surface area contributed by atoms with E-state index >= 15 is 0 Å². The third kappa shape index (κ3) is 3.40.